The highest BCUT2D eigenvalue weighted by Crippen LogP contribution is 2.42. The van der Waals surface area contributed by atoms with E-state index in [0.29, 0.717) is 22.4 Å². The first-order valence-electron chi connectivity index (χ1n) is 8.64. The summed E-state index contributed by atoms with van der Waals surface area (Å²) in [5.74, 6) is 1.38. The lowest BCUT2D eigenvalue weighted by molar-refractivity contribution is 0.480. The first kappa shape index (κ1) is 18.5. The zero-order valence-electron chi connectivity index (χ0n) is 15.6. The van der Waals surface area contributed by atoms with Gasteiger partial charge in [0.05, 0.1) is 18.1 Å². The van der Waals surface area contributed by atoms with Gasteiger partial charge in [-0.05, 0) is 40.9 Å². The van der Waals surface area contributed by atoms with E-state index in [-0.39, 0.29) is 0 Å². The van der Waals surface area contributed by atoms with Crippen molar-refractivity contribution in [3.8, 4) is 17.0 Å². The van der Waals surface area contributed by atoms with E-state index in [1.807, 2.05) is 24.3 Å². The van der Waals surface area contributed by atoms with Crippen molar-refractivity contribution in [3.63, 3.8) is 0 Å². The standard InChI is InChI=1S/C19H29N3OSi/c1-13(2)24(14(3)4,15(5)6)23-17-9-7-16(8-10-17)18-11-22-19(20)12-21-18/h7-15H,1-6H3,(H2,20,22). The normalized spacial score (nSPS) is 12.2. The molecule has 0 aliphatic carbocycles. The van der Waals surface area contributed by atoms with E-state index in [0.717, 1.165) is 17.0 Å². The lowest BCUT2D eigenvalue weighted by atomic mass is 10.1. The Morgan fingerprint density at radius 3 is 1.79 bits per heavy atom. The third kappa shape index (κ3) is 3.61. The van der Waals surface area contributed by atoms with Crippen molar-refractivity contribution in [2.75, 3.05) is 5.73 Å². The van der Waals surface area contributed by atoms with E-state index in [1.165, 1.54) is 0 Å². The molecular formula is C19H29N3OSi. The van der Waals surface area contributed by atoms with Crippen LogP contribution in [0.1, 0.15) is 41.5 Å². The van der Waals surface area contributed by atoms with Crippen molar-refractivity contribution in [1.82, 2.24) is 9.97 Å². The summed E-state index contributed by atoms with van der Waals surface area (Å²) in [6, 6.07) is 8.16. The molecule has 0 aliphatic heterocycles. The maximum Gasteiger partial charge on any atom is 0.258 e. The van der Waals surface area contributed by atoms with Gasteiger partial charge in [0.2, 0.25) is 0 Å². The fourth-order valence-electron chi connectivity index (χ4n) is 3.74. The highest BCUT2D eigenvalue weighted by molar-refractivity contribution is 6.78. The summed E-state index contributed by atoms with van der Waals surface area (Å²) in [5, 5.41) is 0. The maximum absolute atomic E-state index is 6.68. The van der Waals surface area contributed by atoms with Crippen LogP contribution in [0.4, 0.5) is 5.82 Å². The molecule has 2 aromatic rings. The largest absolute Gasteiger partial charge is 0.543 e. The van der Waals surface area contributed by atoms with Gasteiger partial charge in [-0.15, -0.1) is 0 Å². The van der Waals surface area contributed by atoms with Gasteiger partial charge < -0.3 is 10.2 Å². The van der Waals surface area contributed by atoms with Crippen LogP contribution in [0.3, 0.4) is 0 Å². The van der Waals surface area contributed by atoms with Crippen LogP contribution in [0.2, 0.25) is 16.6 Å². The minimum Gasteiger partial charge on any atom is -0.543 e. The zero-order chi connectivity index (χ0) is 17.9. The highest BCUT2D eigenvalue weighted by atomic mass is 28.4. The summed E-state index contributed by atoms with van der Waals surface area (Å²) in [6.45, 7) is 13.8. The number of nitrogen functional groups attached to an aromatic ring is 1. The molecule has 0 saturated heterocycles. The van der Waals surface area contributed by atoms with Crippen molar-refractivity contribution in [2.45, 2.75) is 58.2 Å². The quantitative estimate of drug-likeness (QED) is 0.725. The Morgan fingerprint density at radius 2 is 1.38 bits per heavy atom. The van der Waals surface area contributed by atoms with Crippen LogP contribution >= 0.6 is 0 Å². The number of aromatic nitrogens is 2. The van der Waals surface area contributed by atoms with E-state index in [2.05, 4.69) is 51.5 Å². The second-order valence-corrected chi connectivity index (χ2v) is 12.6. The first-order valence-corrected chi connectivity index (χ1v) is 10.8. The number of anilines is 1. The second-order valence-electron chi connectivity index (χ2n) is 7.27. The molecule has 130 valence electrons. The Hall–Kier alpha value is -1.88. The van der Waals surface area contributed by atoms with Gasteiger partial charge in [0.25, 0.3) is 8.32 Å². The summed E-state index contributed by atoms with van der Waals surface area (Å²) < 4.78 is 6.68. The van der Waals surface area contributed by atoms with Crippen molar-refractivity contribution in [2.24, 2.45) is 0 Å². The molecule has 0 bridgehead atoms. The molecule has 1 heterocycles. The summed E-state index contributed by atoms with van der Waals surface area (Å²) in [5.41, 5.74) is 9.09. The van der Waals surface area contributed by atoms with Gasteiger partial charge in [0.1, 0.15) is 11.6 Å². The van der Waals surface area contributed by atoms with E-state index in [9.17, 15) is 0 Å². The Morgan fingerprint density at radius 1 is 0.833 bits per heavy atom. The topological polar surface area (TPSA) is 61.0 Å². The van der Waals surface area contributed by atoms with Gasteiger partial charge in [-0.25, -0.2) is 4.98 Å². The van der Waals surface area contributed by atoms with Gasteiger partial charge in [-0.1, -0.05) is 41.5 Å². The highest BCUT2D eigenvalue weighted by Gasteiger charge is 2.46. The average Bonchev–Trinajstić information content (AvgIpc) is 2.53. The number of nitrogens with two attached hydrogens (primary N) is 1. The SMILES string of the molecule is CC(C)[Si](Oc1ccc(-c2cnc(N)cn2)cc1)(C(C)C)C(C)C. The van der Waals surface area contributed by atoms with Gasteiger partial charge in [0.15, 0.2) is 0 Å². The van der Waals surface area contributed by atoms with Gasteiger partial charge in [-0.3, -0.25) is 4.98 Å². The van der Waals surface area contributed by atoms with Crippen LogP contribution in [0.25, 0.3) is 11.3 Å². The van der Waals surface area contributed by atoms with E-state index < -0.39 is 8.32 Å². The molecule has 0 amide bonds. The number of hydrogen-bond donors (Lipinski definition) is 1. The average molecular weight is 344 g/mol. The molecule has 5 heteroatoms. The molecule has 0 atom stereocenters. The molecule has 4 nitrogen and oxygen atoms in total. The van der Waals surface area contributed by atoms with E-state index in [1.54, 1.807) is 12.4 Å². The molecule has 0 radical (unpaired) electrons. The summed E-state index contributed by atoms with van der Waals surface area (Å²) in [7, 11) is -1.92. The second kappa shape index (κ2) is 7.34. The minimum atomic E-state index is -1.92. The van der Waals surface area contributed by atoms with Crippen molar-refractivity contribution in [3.05, 3.63) is 36.7 Å². The molecule has 1 aromatic carbocycles. The Bertz CT molecular complexity index is 630. The van der Waals surface area contributed by atoms with E-state index >= 15 is 0 Å². The summed E-state index contributed by atoms with van der Waals surface area (Å²) in [4.78, 5) is 8.42. The minimum absolute atomic E-state index is 0.431. The van der Waals surface area contributed by atoms with Crippen LogP contribution in [0.15, 0.2) is 36.7 Å². The molecule has 0 aliphatic rings. The molecule has 0 spiro atoms. The Balaban J connectivity index is 2.28. The summed E-state index contributed by atoms with van der Waals surface area (Å²) in [6.07, 6.45) is 3.27. The molecule has 2 rings (SSSR count). The predicted molar refractivity (Wildman–Crippen MR) is 104 cm³/mol. The third-order valence-electron chi connectivity index (χ3n) is 4.82. The van der Waals surface area contributed by atoms with Crippen molar-refractivity contribution in [1.29, 1.82) is 0 Å². The molecule has 0 unspecified atom stereocenters. The molecule has 0 saturated carbocycles. The van der Waals surface area contributed by atoms with Gasteiger partial charge in [-0.2, -0.15) is 0 Å². The fraction of sp³-hybridized carbons (Fsp3) is 0.474. The van der Waals surface area contributed by atoms with Gasteiger partial charge >= 0.3 is 0 Å². The molecule has 24 heavy (non-hydrogen) atoms. The van der Waals surface area contributed by atoms with Crippen molar-refractivity contribution >= 4 is 14.1 Å². The van der Waals surface area contributed by atoms with Crippen LogP contribution in [-0.2, 0) is 0 Å². The molecule has 0 fully saturated rings. The van der Waals surface area contributed by atoms with Crippen LogP contribution < -0.4 is 10.2 Å². The number of benzene rings is 1. The fourth-order valence-corrected chi connectivity index (χ4v) is 8.99. The maximum atomic E-state index is 6.68. The summed E-state index contributed by atoms with van der Waals surface area (Å²) >= 11 is 0. The van der Waals surface area contributed by atoms with E-state index in [4.69, 9.17) is 10.2 Å². The van der Waals surface area contributed by atoms with Crippen LogP contribution in [0, 0.1) is 0 Å². The zero-order valence-corrected chi connectivity index (χ0v) is 16.6. The number of hydrogen-bond acceptors (Lipinski definition) is 4. The van der Waals surface area contributed by atoms with Crippen LogP contribution in [-0.4, -0.2) is 18.3 Å². The molecule has 2 N–H and O–H groups in total. The smallest absolute Gasteiger partial charge is 0.258 e. The lowest BCUT2D eigenvalue weighted by Crippen LogP contribution is -2.50. The molecular weight excluding hydrogens is 314 g/mol. The molecule has 1 aromatic heterocycles. The lowest BCUT2D eigenvalue weighted by Gasteiger charge is -2.42. The monoisotopic (exact) mass is 343 g/mol. The number of nitrogens with zero attached hydrogens (tertiary/aromatic N) is 2. The predicted octanol–water partition coefficient (Wildman–Crippen LogP) is 5.28. The number of rotatable bonds is 6. The Kier molecular flexibility index (Phi) is 5.65. The van der Waals surface area contributed by atoms with Crippen LogP contribution in [0.5, 0.6) is 5.75 Å². The van der Waals surface area contributed by atoms with Gasteiger partial charge in [0, 0.05) is 5.56 Å². The first-order chi connectivity index (χ1) is 11.3. The third-order valence-corrected chi connectivity index (χ3v) is 10.8. The Labute approximate surface area is 146 Å². The van der Waals surface area contributed by atoms with Crippen molar-refractivity contribution < 1.29 is 4.43 Å².